The molecule has 4 heteroatoms. The van der Waals surface area contributed by atoms with Crippen LogP contribution >= 0.6 is 0 Å². The van der Waals surface area contributed by atoms with E-state index in [2.05, 4.69) is 5.32 Å². The first-order valence-corrected chi connectivity index (χ1v) is 6.43. The quantitative estimate of drug-likeness (QED) is 0.848. The molecule has 1 saturated heterocycles. The van der Waals surface area contributed by atoms with Gasteiger partial charge in [0.1, 0.15) is 5.82 Å². The highest BCUT2D eigenvalue weighted by molar-refractivity contribution is 7.85. The highest BCUT2D eigenvalue weighted by Gasteiger charge is 2.19. The lowest BCUT2D eigenvalue weighted by Crippen LogP contribution is -2.15. The van der Waals surface area contributed by atoms with E-state index in [9.17, 15) is 8.60 Å². The number of nitrogens with one attached hydrogen (secondary N) is 1. The third-order valence-corrected chi connectivity index (χ3v) is 4.23. The Morgan fingerprint density at radius 2 is 2.27 bits per heavy atom. The van der Waals surface area contributed by atoms with Gasteiger partial charge < -0.3 is 5.32 Å². The Balaban J connectivity index is 2.04. The van der Waals surface area contributed by atoms with Crippen LogP contribution in [0.4, 0.5) is 4.39 Å². The van der Waals surface area contributed by atoms with Gasteiger partial charge in [0, 0.05) is 5.75 Å². The van der Waals surface area contributed by atoms with Crippen LogP contribution in [0.15, 0.2) is 29.2 Å². The van der Waals surface area contributed by atoms with Gasteiger partial charge in [-0.15, -0.1) is 0 Å². The molecular formula is C11H14FNOS. The Kier molecular flexibility index (Phi) is 3.49. The summed E-state index contributed by atoms with van der Waals surface area (Å²) in [6.45, 7) is 1.89. The average Bonchev–Trinajstić information content (AvgIpc) is 2.71. The van der Waals surface area contributed by atoms with Crippen LogP contribution in [0.3, 0.4) is 0 Å². The van der Waals surface area contributed by atoms with Gasteiger partial charge in [-0.3, -0.25) is 4.21 Å². The second-order valence-corrected chi connectivity index (χ2v) is 5.27. The molecule has 82 valence electrons. The van der Waals surface area contributed by atoms with Crippen molar-refractivity contribution >= 4 is 10.8 Å². The minimum atomic E-state index is -1.20. The first-order valence-electron chi connectivity index (χ1n) is 5.11. The molecule has 1 aromatic carbocycles. The molecule has 0 aromatic heterocycles. The van der Waals surface area contributed by atoms with Crippen molar-refractivity contribution in [3.8, 4) is 0 Å². The van der Waals surface area contributed by atoms with Gasteiger partial charge in [0.2, 0.25) is 0 Å². The van der Waals surface area contributed by atoms with Gasteiger partial charge in [-0.1, -0.05) is 12.1 Å². The number of benzene rings is 1. The Morgan fingerprint density at radius 3 is 2.93 bits per heavy atom. The Bertz CT molecular complexity index is 363. The predicted molar refractivity (Wildman–Crippen MR) is 58.7 cm³/mol. The molecule has 2 nitrogen and oxygen atoms in total. The SMILES string of the molecule is O=S(CC1CCNC1)c1ccccc1F. The zero-order valence-corrected chi connectivity index (χ0v) is 9.23. The maximum Gasteiger partial charge on any atom is 0.139 e. The standard InChI is InChI=1S/C11H14FNOS/c12-10-3-1-2-4-11(10)15(14)8-9-5-6-13-7-9/h1-4,9,13H,5-8H2. The van der Waals surface area contributed by atoms with Gasteiger partial charge in [-0.2, -0.15) is 0 Å². The molecule has 1 aliphatic rings. The summed E-state index contributed by atoms with van der Waals surface area (Å²) in [6.07, 6.45) is 1.04. The monoisotopic (exact) mass is 227 g/mol. The smallest absolute Gasteiger partial charge is 0.139 e. The maximum absolute atomic E-state index is 13.3. The van der Waals surface area contributed by atoms with E-state index in [1.165, 1.54) is 6.07 Å². The van der Waals surface area contributed by atoms with E-state index in [1.807, 2.05) is 0 Å². The van der Waals surface area contributed by atoms with Crippen molar-refractivity contribution in [1.82, 2.24) is 5.32 Å². The van der Waals surface area contributed by atoms with Gasteiger partial charge in [-0.05, 0) is 37.6 Å². The van der Waals surface area contributed by atoms with Gasteiger partial charge >= 0.3 is 0 Å². The maximum atomic E-state index is 13.3. The molecule has 1 aliphatic heterocycles. The van der Waals surface area contributed by atoms with Gasteiger partial charge in [0.25, 0.3) is 0 Å². The molecule has 0 saturated carbocycles. The molecule has 0 spiro atoms. The lowest BCUT2D eigenvalue weighted by atomic mass is 10.2. The minimum Gasteiger partial charge on any atom is -0.316 e. The van der Waals surface area contributed by atoms with Gasteiger partial charge in [0.15, 0.2) is 0 Å². The van der Waals surface area contributed by atoms with Crippen LogP contribution in [0, 0.1) is 11.7 Å². The van der Waals surface area contributed by atoms with Crippen molar-refractivity contribution in [1.29, 1.82) is 0 Å². The van der Waals surface area contributed by atoms with Crippen LogP contribution in [0.2, 0.25) is 0 Å². The summed E-state index contributed by atoms with van der Waals surface area (Å²) in [5.74, 6) is 0.626. The molecule has 0 bridgehead atoms. The van der Waals surface area contributed by atoms with Crippen LogP contribution in [-0.2, 0) is 10.8 Å². The predicted octanol–water partition coefficient (Wildman–Crippen LogP) is 1.54. The molecule has 0 radical (unpaired) electrons. The Morgan fingerprint density at radius 1 is 1.47 bits per heavy atom. The summed E-state index contributed by atoms with van der Waals surface area (Å²) in [7, 11) is -1.20. The lowest BCUT2D eigenvalue weighted by Gasteiger charge is -2.08. The van der Waals surface area contributed by atoms with E-state index in [-0.39, 0.29) is 5.82 Å². The van der Waals surface area contributed by atoms with Crippen molar-refractivity contribution in [2.45, 2.75) is 11.3 Å². The topological polar surface area (TPSA) is 29.1 Å². The van der Waals surface area contributed by atoms with Crippen molar-refractivity contribution in [3.63, 3.8) is 0 Å². The molecule has 2 atom stereocenters. The molecule has 0 aliphatic carbocycles. The van der Waals surface area contributed by atoms with E-state index < -0.39 is 10.8 Å². The average molecular weight is 227 g/mol. The number of halogens is 1. The fourth-order valence-electron chi connectivity index (χ4n) is 1.79. The fraction of sp³-hybridized carbons (Fsp3) is 0.455. The second kappa shape index (κ2) is 4.86. The van der Waals surface area contributed by atoms with Crippen molar-refractivity contribution in [3.05, 3.63) is 30.1 Å². The Labute approximate surface area is 91.3 Å². The molecule has 1 N–H and O–H groups in total. The summed E-state index contributed by atoms with van der Waals surface area (Å²) in [4.78, 5) is 0.337. The molecule has 15 heavy (non-hydrogen) atoms. The molecule has 1 aromatic rings. The van der Waals surface area contributed by atoms with Gasteiger partial charge in [0.05, 0.1) is 15.7 Å². The normalized spacial score (nSPS) is 22.9. The van der Waals surface area contributed by atoms with E-state index in [1.54, 1.807) is 18.2 Å². The first kappa shape index (κ1) is 10.8. The largest absolute Gasteiger partial charge is 0.316 e. The molecular weight excluding hydrogens is 213 g/mol. The van der Waals surface area contributed by atoms with E-state index in [0.29, 0.717) is 16.6 Å². The Hall–Kier alpha value is -0.740. The van der Waals surface area contributed by atoms with Crippen LogP contribution in [0.25, 0.3) is 0 Å². The van der Waals surface area contributed by atoms with Crippen LogP contribution in [0.5, 0.6) is 0 Å². The van der Waals surface area contributed by atoms with E-state index >= 15 is 0 Å². The summed E-state index contributed by atoms with van der Waals surface area (Å²) in [5, 5.41) is 3.22. The van der Waals surface area contributed by atoms with Crippen LogP contribution in [0.1, 0.15) is 6.42 Å². The van der Waals surface area contributed by atoms with Crippen LogP contribution < -0.4 is 5.32 Å². The summed E-state index contributed by atoms with van der Waals surface area (Å²) in [5.41, 5.74) is 0. The van der Waals surface area contributed by atoms with Crippen molar-refractivity contribution in [2.24, 2.45) is 5.92 Å². The van der Waals surface area contributed by atoms with Crippen molar-refractivity contribution in [2.75, 3.05) is 18.8 Å². The molecule has 0 amide bonds. The minimum absolute atomic E-state index is 0.337. The molecule has 2 rings (SSSR count). The van der Waals surface area contributed by atoms with Crippen LogP contribution in [-0.4, -0.2) is 23.1 Å². The zero-order chi connectivity index (χ0) is 10.7. The summed E-state index contributed by atoms with van der Waals surface area (Å²) >= 11 is 0. The summed E-state index contributed by atoms with van der Waals surface area (Å²) < 4.78 is 25.2. The highest BCUT2D eigenvalue weighted by Crippen LogP contribution is 2.16. The molecule has 1 heterocycles. The third kappa shape index (κ3) is 2.63. The van der Waals surface area contributed by atoms with E-state index in [4.69, 9.17) is 0 Å². The number of hydrogen-bond donors (Lipinski definition) is 1. The van der Waals surface area contributed by atoms with Gasteiger partial charge in [-0.25, -0.2) is 4.39 Å². The fourth-order valence-corrected chi connectivity index (χ4v) is 3.20. The lowest BCUT2D eigenvalue weighted by molar-refractivity contribution is 0.589. The van der Waals surface area contributed by atoms with E-state index in [0.717, 1.165) is 19.5 Å². The zero-order valence-electron chi connectivity index (χ0n) is 8.41. The number of hydrogen-bond acceptors (Lipinski definition) is 2. The first-order chi connectivity index (χ1) is 7.27. The summed E-state index contributed by atoms with van der Waals surface area (Å²) in [6, 6.07) is 6.31. The third-order valence-electron chi connectivity index (χ3n) is 2.63. The highest BCUT2D eigenvalue weighted by atomic mass is 32.2. The second-order valence-electron chi connectivity index (χ2n) is 3.80. The van der Waals surface area contributed by atoms with Crippen molar-refractivity contribution < 1.29 is 8.60 Å². The molecule has 2 unspecified atom stereocenters. The molecule has 1 fully saturated rings. The number of rotatable bonds is 3.